The van der Waals surface area contributed by atoms with E-state index in [9.17, 15) is 4.79 Å². The number of amides is 1. The van der Waals surface area contributed by atoms with E-state index in [1.165, 1.54) is 49.4 Å². The molecular formula is C26H31NO2S2. The molecule has 1 amide bonds. The predicted molar refractivity (Wildman–Crippen MR) is 137 cm³/mol. The molecule has 2 aromatic rings. The van der Waals surface area contributed by atoms with Gasteiger partial charge >= 0.3 is 0 Å². The Hall–Kier alpha value is -2.11. The molecule has 1 fully saturated rings. The van der Waals surface area contributed by atoms with Gasteiger partial charge in [-0.25, -0.2) is 0 Å². The molecule has 0 unspecified atom stereocenters. The molecule has 0 aromatic heterocycles. The van der Waals surface area contributed by atoms with Crippen molar-refractivity contribution in [3.8, 4) is 5.75 Å². The zero-order valence-electron chi connectivity index (χ0n) is 18.6. The number of nitrogens with zero attached hydrogens (tertiary/aromatic N) is 1. The Morgan fingerprint density at radius 3 is 2.42 bits per heavy atom. The fourth-order valence-corrected chi connectivity index (χ4v) is 4.90. The number of carbonyl (C=O) groups is 1. The van der Waals surface area contributed by atoms with E-state index in [1.807, 2.05) is 56.3 Å². The first-order valence-electron chi connectivity index (χ1n) is 11.1. The second-order valence-corrected chi connectivity index (χ2v) is 9.67. The van der Waals surface area contributed by atoms with E-state index in [-0.39, 0.29) is 5.91 Å². The number of carbonyl (C=O) groups excluding carboxylic acids is 1. The summed E-state index contributed by atoms with van der Waals surface area (Å²) in [4.78, 5) is 15.3. The van der Waals surface area contributed by atoms with E-state index in [1.54, 1.807) is 4.90 Å². The van der Waals surface area contributed by atoms with E-state index < -0.39 is 0 Å². The summed E-state index contributed by atoms with van der Waals surface area (Å²) in [7, 11) is 0. The molecule has 0 atom stereocenters. The quantitative estimate of drug-likeness (QED) is 0.212. The van der Waals surface area contributed by atoms with Crippen LogP contribution in [0.4, 0.5) is 5.69 Å². The van der Waals surface area contributed by atoms with Gasteiger partial charge in [-0.05, 0) is 55.7 Å². The van der Waals surface area contributed by atoms with Gasteiger partial charge in [-0.2, -0.15) is 0 Å². The SMILES string of the molecule is CCCCCCCCOc1ccc(/C=C2\SC(=S)N(c3ccc(C)cc3C)C2=O)cc1. The summed E-state index contributed by atoms with van der Waals surface area (Å²) < 4.78 is 6.42. The Bertz CT molecular complexity index is 950. The fraction of sp³-hybridized carbons (Fsp3) is 0.385. The van der Waals surface area contributed by atoms with Gasteiger partial charge in [0.1, 0.15) is 5.75 Å². The van der Waals surface area contributed by atoms with E-state index in [2.05, 4.69) is 13.0 Å². The summed E-state index contributed by atoms with van der Waals surface area (Å²) in [6.07, 6.45) is 9.43. The predicted octanol–water partition coefficient (Wildman–Crippen LogP) is 7.45. The Morgan fingerprint density at radius 1 is 1.00 bits per heavy atom. The summed E-state index contributed by atoms with van der Waals surface area (Å²) in [5.41, 5.74) is 4.04. The highest BCUT2D eigenvalue weighted by Gasteiger charge is 2.34. The molecule has 3 rings (SSSR count). The molecule has 1 heterocycles. The number of thioether (sulfide) groups is 1. The van der Waals surface area contributed by atoms with Crippen molar-refractivity contribution in [2.45, 2.75) is 59.3 Å². The fourth-order valence-electron chi connectivity index (χ4n) is 3.62. The maximum Gasteiger partial charge on any atom is 0.270 e. The van der Waals surface area contributed by atoms with Gasteiger partial charge in [0.05, 0.1) is 17.2 Å². The third-order valence-electron chi connectivity index (χ3n) is 5.33. The molecule has 0 saturated carbocycles. The van der Waals surface area contributed by atoms with Crippen molar-refractivity contribution in [2.24, 2.45) is 0 Å². The first-order valence-corrected chi connectivity index (χ1v) is 12.3. The molecule has 0 spiro atoms. The van der Waals surface area contributed by atoms with Gasteiger partial charge in [-0.15, -0.1) is 0 Å². The number of aryl methyl sites for hydroxylation is 2. The molecule has 31 heavy (non-hydrogen) atoms. The summed E-state index contributed by atoms with van der Waals surface area (Å²) in [6, 6.07) is 14.0. The lowest BCUT2D eigenvalue weighted by atomic mass is 10.1. The summed E-state index contributed by atoms with van der Waals surface area (Å²) >= 11 is 6.86. The number of rotatable bonds is 10. The van der Waals surface area contributed by atoms with E-state index in [0.29, 0.717) is 9.23 Å². The van der Waals surface area contributed by atoms with Crippen LogP contribution >= 0.6 is 24.0 Å². The number of ether oxygens (including phenoxy) is 1. The third kappa shape index (κ3) is 6.44. The van der Waals surface area contributed by atoms with Crippen molar-refractivity contribution in [1.29, 1.82) is 0 Å². The smallest absolute Gasteiger partial charge is 0.270 e. The van der Waals surface area contributed by atoms with Crippen molar-refractivity contribution in [3.63, 3.8) is 0 Å². The molecule has 0 bridgehead atoms. The van der Waals surface area contributed by atoms with Crippen LogP contribution in [-0.2, 0) is 4.79 Å². The highest BCUT2D eigenvalue weighted by Crippen LogP contribution is 2.37. The molecule has 0 aliphatic carbocycles. The maximum absolute atomic E-state index is 13.0. The van der Waals surface area contributed by atoms with Crippen LogP contribution in [0.25, 0.3) is 6.08 Å². The number of hydrogen-bond donors (Lipinski definition) is 0. The van der Waals surface area contributed by atoms with Gasteiger partial charge in [-0.1, -0.05) is 92.8 Å². The number of benzene rings is 2. The first kappa shape index (κ1) is 23.6. The Morgan fingerprint density at radius 2 is 1.71 bits per heavy atom. The highest BCUT2D eigenvalue weighted by molar-refractivity contribution is 8.27. The number of anilines is 1. The Labute approximate surface area is 195 Å². The van der Waals surface area contributed by atoms with Gasteiger partial charge in [0.25, 0.3) is 5.91 Å². The molecule has 164 valence electrons. The van der Waals surface area contributed by atoms with E-state index in [4.69, 9.17) is 17.0 Å². The lowest BCUT2D eigenvalue weighted by molar-refractivity contribution is -0.113. The van der Waals surface area contributed by atoms with Crippen LogP contribution in [0.5, 0.6) is 5.75 Å². The van der Waals surface area contributed by atoms with Crippen molar-refractivity contribution in [3.05, 3.63) is 64.1 Å². The van der Waals surface area contributed by atoms with Crippen molar-refractivity contribution >= 4 is 46.0 Å². The molecule has 1 aliphatic heterocycles. The number of thiocarbonyl (C=S) groups is 1. The molecular weight excluding hydrogens is 422 g/mol. The molecule has 0 N–H and O–H groups in total. The zero-order chi connectivity index (χ0) is 22.2. The van der Waals surface area contributed by atoms with Gasteiger partial charge < -0.3 is 4.74 Å². The molecule has 0 radical (unpaired) electrons. The summed E-state index contributed by atoms with van der Waals surface area (Å²) in [6.45, 7) is 7.04. The van der Waals surface area contributed by atoms with Gasteiger partial charge in [0, 0.05) is 0 Å². The molecule has 1 saturated heterocycles. The minimum absolute atomic E-state index is 0.0645. The van der Waals surface area contributed by atoms with Crippen LogP contribution < -0.4 is 9.64 Å². The van der Waals surface area contributed by atoms with Crippen molar-refractivity contribution < 1.29 is 9.53 Å². The van der Waals surface area contributed by atoms with Crippen LogP contribution in [-0.4, -0.2) is 16.8 Å². The van der Waals surface area contributed by atoms with Crippen LogP contribution in [0.1, 0.15) is 62.1 Å². The van der Waals surface area contributed by atoms with Crippen molar-refractivity contribution in [2.75, 3.05) is 11.5 Å². The average Bonchev–Trinajstić information content (AvgIpc) is 3.02. The van der Waals surface area contributed by atoms with Crippen LogP contribution in [0.2, 0.25) is 0 Å². The third-order valence-corrected chi connectivity index (χ3v) is 6.63. The van der Waals surface area contributed by atoms with E-state index in [0.717, 1.165) is 35.6 Å². The van der Waals surface area contributed by atoms with Crippen LogP contribution in [0.15, 0.2) is 47.4 Å². The van der Waals surface area contributed by atoms with E-state index >= 15 is 0 Å². The minimum Gasteiger partial charge on any atom is -0.494 e. The lowest BCUT2D eigenvalue weighted by Gasteiger charge is -2.17. The molecule has 2 aromatic carbocycles. The summed E-state index contributed by atoms with van der Waals surface area (Å²) in [5.74, 6) is 0.805. The lowest BCUT2D eigenvalue weighted by Crippen LogP contribution is -2.28. The van der Waals surface area contributed by atoms with Crippen LogP contribution in [0.3, 0.4) is 0 Å². The standard InChI is InChI=1S/C26H31NO2S2/c1-4-5-6-7-8-9-16-29-22-13-11-21(12-14-22)18-24-25(28)27(26(30)31-24)23-15-10-19(2)17-20(23)3/h10-15,17-18H,4-9,16H2,1-3H3/b24-18-. The molecule has 5 heteroatoms. The topological polar surface area (TPSA) is 29.5 Å². The zero-order valence-corrected chi connectivity index (χ0v) is 20.3. The summed E-state index contributed by atoms with van der Waals surface area (Å²) in [5, 5.41) is 0. The number of unbranched alkanes of at least 4 members (excludes halogenated alkanes) is 5. The second-order valence-electron chi connectivity index (χ2n) is 7.99. The van der Waals surface area contributed by atoms with Gasteiger partial charge in [0.15, 0.2) is 4.32 Å². The average molecular weight is 454 g/mol. The van der Waals surface area contributed by atoms with Crippen molar-refractivity contribution in [1.82, 2.24) is 0 Å². The van der Waals surface area contributed by atoms with Gasteiger partial charge in [-0.3, -0.25) is 9.69 Å². The molecule has 3 nitrogen and oxygen atoms in total. The Kier molecular flexibility index (Phi) is 8.73. The minimum atomic E-state index is -0.0645. The largest absolute Gasteiger partial charge is 0.494 e. The molecule has 1 aliphatic rings. The number of hydrogen-bond acceptors (Lipinski definition) is 4. The first-order chi connectivity index (χ1) is 15.0. The van der Waals surface area contributed by atoms with Gasteiger partial charge in [0.2, 0.25) is 0 Å². The maximum atomic E-state index is 13.0. The van der Waals surface area contributed by atoms with Crippen LogP contribution in [0, 0.1) is 13.8 Å². The Balaban J connectivity index is 1.58. The second kappa shape index (κ2) is 11.5. The normalized spacial score (nSPS) is 15.2. The monoisotopic (exact) mass is 453 g/mol. The highest BCUT2D eigenvalue weighted by atomic mass is 32.2.